The summed E-state index contributed by atoms with van der Waals surface area (Å²) >= 11 is 0. The third-order valence-electron chi connectivity index (χ3n) is 3.76. The average molecular weight is 271 g/mol. The van der Waals surface area contributed by atoms with Crippen LogP contribution in [0.3, 0.4) is 0 Å². The number of benzene rings is 1. The molecule has 0 fully saturated rings. The van der Waals surface area contributed by atoms with E-state index in [0.717, 1.165) is 44.1 Å². The van der Waals surface area contributed by atoms with Crippen LogP contribution in [-0.4, -0.2) is 22.7 Å². The van der Waals surface area contributed by atoms with Gasteiger partial charge in [-0.25, -0.2) is 4.98 Å². The molecule has 4 nitrogen and oxygen atoms in total. The Balaban J connectivity index is 1.71. The Labute approximate surface area is 119 Å². The molecule has 0 bridgehead atoms. The van der Waals surface area contributed by atoms with Crippen LogP contribution in [0.15, 0.2) is 36.8 Å². The number of fused-ring (bicyclic) bond motifs is 1. The maximum absolute atomic E-state index is 5.71. The SMILES string of the molecule is CCNCc1cn(CC2CCOc3ccccc32)cn1. The van der Waals surface area contributed by atoms with Crippen molar-refractivity contribution >= 4 is 0 Å². The van der Waals surface area contributed by atoms with Gasteiger partial charge in [-0.2, -0.15) is 0 Å². The smallest absolute Gasteiger partial charge is 0.122 e. The number of hydrogen-bond donors (Lipinski definition) is 1. The molecule has 0 spiro atoms. The number of imidazole rings is 1. The molecule has 20 heavy (non-hydrogen) atoms. The van der Waals surface area contributed by atoms with E-state index in [-0.39, 0.29) is 0 Å². The van der Waals surface area contributed by atoms with Gasteiger partial charge in [0.05, 0.1) is 18.6 Å². The molecule has 0 radical (unpaired) electrons. The third-order valence-corrected chi connectivity index (χ3v) is 3.76. The van der Waals surface area contributed by atoms with Gasteiger partial charge in [-0.3, -0.25) is 0 Å². The Morgan fingerprint density at radius 1 is 1.40 bits per heavy atom. The van der Waals surface area contributed by atoms with Crippen LogP contribution in [0.5, 0.6) is 5.75 Å². The lowest BCUT2D eigenvalue weighted by Crippen LogP contribution is -2.18. The van der Waals surface area contributed by atoms with Crippen LogP contribution in [0.1, 0.15) is 30.5 Å². The van der Waals surface area contributed by atoms with Crippen molar-refractivity contribution in [1.82, 2.24) is 14.9 Å². The second-order valence-corrected chi connectivity index (χ2v) is 5.21. The lowest BCUT2D eigenvalue weighted by molar-refractivity contribution is 0.259. The van der Waals surface area contributed by atoms with E-state index >= 15 is 0 Å². The molecule has 106 valence electrons. The topological polar surface area (TPSA) is 39.1 Å². The first-order chi connectivity index (χ1) is 9.86. The molecule has 0 saturated carbocycles. The summed E-state index contributed by atoms with van der Waals surface area (Å²) in [6.07, 6.45) is 5.14. The van der Waals surface area contributed by atoms with Gasteiger partial charge in [-0.1, -0.05) is 25.1 Å². The summed E-state index contributed by atoms with van der Waals surface area (Å²) in [6.45, 7) is 5.70. The summed E-state index contributed by atoms with van der Waals surface area (Å²) in [5, 5.41) is 3.30. The lowest BCUT2D eigenvalue weighted by Gasteiger charge is -2.26. The minimum Gasteiger partial charge on any atom is -0.493 e. The van der Waals surface area contributed by atoms with Crippen LogP contribution in [0, 0.1) is 0 Å². The molecule has 2 aromatic rings. The molecule has 0 aliphatic carbocycles. The summed E-state index contributed by atoms with van der Waals surface area (Å²) in [6, 6.07) is 8.36. The van der Waals surface area contributed by atoms with E-state index in [2.05, 4.69) is 46.2 Å². The van der Waals surface area contributed by atoms with Crippen LogP contribution < -0.4 is 10.1 Å². The predicted molar refractivity (Wildman–Crippen MR) is 78.9 cm³/mol. The number of ether oxygens (including phenoxy) is 1. The van der Waals surface area contributed by atoms with Crippen molar-refractivity contribution in [3.8, 4) is 5.75 Å². The zero-order valence-corrected chi connectivity index (χ0v) is 11.9. The fourth-order valence-corrected chi connectivity index (χ4v) is 2.71. The summed E-state index contributed by atoms with van der Waals surface area (Å²) in [7, 11) is 0. The molecule has 1 aliphatic rings. The van der Waals surface area contributed by atoms with Crippen molar-refractivity contribution < 1.29 is 4.74 Å². The standard InChI is InChI=1S/C16H21N3O/c1-2-17-9-14-11-19(12-18-14)10-13-7-8-20-16-6-4-3-5-15(13)16/h3-6,11-13,17H,2,7-10H2,1H3. The fraction of sp³-hybridized carbons (Fsp3) is 0.438. The molecule has 1 N–H and O–H groups in total. The average Bonchev–Trinajstić information content (AvgIpc) is 2.93. The van der Waals surface area contributed by atoms with Gasteiger partial charge in [0.25, 0.3) is 0 Å². The summed E-state index contributed by atoms with van der Waals surface area (Å²) < 4.78 is 7.91. The first-order valence-corrected chi connectivity index (χ1v) is 7.30. The molecule has 1 aromatic carbocycles. The Hall–Kier alpha value is -1.81. The molecule has 1 aliphatic heterocycles. The number of nitrogens with zero attached hydrogens (tertiary/aromatic N) is 2. The third kappa shape index (κ3) is 2.85. The second kappa shape index (κ2) is 6.09. The summed E-state index contributed by atoms with van der Waals surface area (Å²) in [4.78, 5) is 4.44. The van der Waals surface area contributed by atoms with Crippen LogP contribution in [0.4, 0.5) is 0 Å². The van der Waals surface area contributed by atoms with Gasteiger partial charge in [0.15, 0.2) is 0 Å². The molecule has 4 heteroatoms. The van der Waals surface area contributed by atoms with Crippen LogP contribution in [0.25, 0.3) is 0 Å². The molecular formula is C16H21N3O. The zero-order valence-electron chi connectivity index (χ0n) is 11.9. The van der Waals surface area contributed by atoms with Gasteiger partial charge >= 0.3 is 0 Å². The second-order valence-electron chi connectivity index (χ2n) is 5.21. The van der Waals surface area contributed by atoms with E-state index in [9.17, 15) is 0 Å². The molecule has 1 atom stereocenters. The fourth-order valence-electron chi connectivity index (χ4n) is 2.71. The highest BCUT2D eigenvalue weighted by Gasteiger charge is 2.21. The normalized spacial score (nSPS) is 17.6. The molecule has 0 amide bonds. The highest BCUT2D eigenvalue weighted by Crippen LogP contribution is 2.34. The molecule has 3 rings (SSSR count). The number of para-hydroxylation sites is 1. The zero-order chi connectivity index (χ0) is 13.8. The lowest BCUT2D eigenvalue weighted by atomic mass is 9.93. The van der Waals surface area contributed by atoms with E-state index < -0.39 is 0 Å². The van der Waals surface area contributed by atoms with E-state index in [1.807, 2.05) is 12.4 Å². The predicted octanol–water partition coefficient (Wildman–Crippen LogP) is 2.56. The first-order valence-electron chi connectivity index (χ1n) is 7.30. The maximum Gasteiger partial charge on any atom is 0.122 e. The Morgan fingerprint density at radius 2 is 2.30 bits per heavy atom. The Morgan fingerprint density at radius 3 is 3.20 bits per heavy atom. The summed E-state index contributed by atoms with van der Waals surface area (Å²) in [5.74, 6) is 1.55. The van der Waals surface area contributed by atoms with Gasteiger partial charge in [0, 0.05) is 25.2 Å². The van der Waals surface area contributed by atoms with Gasteiger partial charge < -0.3 is 14.6 Å². The Kier molecular flexibility index (Phi) is 4.02. The van der Waals surface area contributed by atoms with Crippen LogP contribution in [0.2, 0.25) is 0 Å². The van der Waals surface area contributed by atoms with Crippen molar-refractivity contribution in [2.24, 2.45) is 0 Å². The highest BCUT2D eigenvalue weighted by molar-refractivity contribution is 5.37. The van der Waals surface area contributed by atoms with E-state index in [0.29, 0.717) is 5.92 Å². The Bertz CT molecular complexity index is 564. The molecule has 0 saturated heterocycles. The van der Waals surface area contributed by atoms with Gasteiger partial charge in [-0.15, -0.1) is 0 Å². The number of hydrogen-bond acceptors (Lipinski definition) is 3. The molecule has 2 heterocycles. The van der Waals surface area contributed by atoms with Crippen molar-refractivity contribution in [3.05, 3.63) is 48.0 Å². The molecular weight excluding hydrogens is 250 g/mol. The minimum atomic E-state index is 0.515. The van der Waals surface area contributed by atoms with Gasteiger partial charge in [0.2, 0.25) is 0 Å². The van der Waals surface area contributed by atoms with E-state index in [1.165, 1.54) is 5.56 Å². The first kappa shape index (κ1) is 13.2. The molecule has 1 aromatic heterocycles. The summed E-state index contributed by atoms with van der Waals surface area (Å²) in [5.41, 5.74) is 2.42. The van der Waals surface area contributed by atoms with Crippen molar-refractivity contribution in [2.45, 2.75) is 32.4 Å². The van der Waals surface area contributed by atoms with Crippen molar-refractivity contribution in [1.29, 1.82) is 0 Å². The monoisotopic (exact) mass is 271 g/mol. The van der Waals surface area contributed by atoms with Crippen molar-refractivity contribution in [3.63, 3.8) is 0 Å². The number of rotatable bonds is 5. The number of nitrogens with one attached hydrogen (secondary N) is 1. The van der Waals surface area contributed by atoms with E-state index in [1.54, 1.807) is 0 Å². The van der Waals surface area contributed by atoms with Crippen LogP contribution >= 0.6 is 0 Å². The number of aromatic nitrogens is 2. The maximum atomic E-state index is 5.71. The molecule has 1 unspecified atom stereocenters. The highest BCUT2D eigenvalue weighted by atomic mass is 16.5. The van der Waals surface area contributed by atoms with Crippen molar-refractivity contribution in [2.75, 3.05) is 13.2 Å². The van der Waals surface area contributed by atoms with Gasteiger partial charge in [-0.05, 0) is 24.6 Å². The minimum absolute atomic E-state index is 0.515. The quantitative estimate of drug-likeness (QED) is 0.908. The van der Waals surface area contributed by atoms with Gasteiger partial charge in [0.1, 0.15) is 5.75 Å². The van der Waals surface area contributed by atoms with E-state index in [4.69, 9.17) is 4.74 Å². The largest absolute Gasteiger partial charge is 0.493 e. The van der Waals surface area contributed by atoms with Crippen LogP contribution in [-0.2, 0) is 13.1 Å².